The fourth-order valence-electron chi connectivity index (χ4n) is 1.79. The van der Waals surface area contributed by atoms with E-state index in [4.69, 9.17) is 4.84 Å². The predicted octanol–water partition coefficient (Wildman–Crippen LogP) is 1.46. The molecule has 7 nitrogen and oxygen atoms in total. The van der Waals surface area contributed by atoms with Gasteiger partial charge in [-0.15, -0.1) is 0 Å². The molecule has 1 aliphatic heterocycles. The predicted molar refractivity (Wildman–Crippen MR) is 79.9 cm³/mol. The molecule has 1 aromatic heterocycles. The Bertz CT molecular complexity index is 543. The number of hydrogen-bond acceptors (Lipinski definition) is 4. The zero-order chi connectivity index (χ0) is 15.6. The molecule has 0 radical (unpaired) electrons. The van der Waals surface area contributed by atoms with E-state index in [2.05, 4.69) is 15.8 Å². The number of hydroxylamine groups is 2. The summed E-state index contributed by atoms with van der Waals surface area (Å²) < 4.78 is 0. The van der Waals surface area contributed by atoms with Crippen LogP contribution < -0.4 is 10.9 Å². The molecule has 0 spiro atoms. The molecule has 2 heterocycles. The van der Waals surface area contributed by atoms with Crippen LogP contribution in [-0.4, -0.2) is 28.5 Å². The Morgan fingerprint density at radius 2 is 2.18 bits per heavy atom. The summed E-state index contributed by atoms with van der Waals surface area (Å²) in [6, 6.07) is 5.14. The van der Waals surface area contributed by atoms with Gasteiger partial charge in [0, 0.05) is 18.3 Å². The van der Waals surface area contributed by atoms with Gasteiger partial charge in [0.2, 0.25) is 5.91 Å². The number of hydrogen-bond donors (Lipinski definition) is 2. The lowest BCUT2D eigenvalue weighted by Gasteiger charge is -2.18. The van der Waals surface area contributed by atoms with Crippen molar-refractivity contribution in [3.63, 3.8) is 0 Å². The molecule has 3 amide bonds. The molecule has 7 heteroatoms. The number of amides is 3. The number of carbonyl (C=O) groups is 2. The van der Waals surface area contributed by atoms with Crippen molar-refractivity contribution in [3.05, 3.63) is 54.6 Å². The van der Waals surface area contributed by atoms with Crippen molar-refractivity contribution < 1.29 is 14.4 Å². The molecular formula is C15H18N4O3. The zero-order valence-electron chi connectivity index (χ0n) is 12.1. The maximum Gasteiger partial charge on any atom is 0.369 e. The van der Waals surface area contributed by atoms with E-state index in [9.17, 15) is 9.59 Å². The minimum absolute atomic E-state index is 0.259. The van der Waals surface area contributed by atoms with Gasteiger partial charge in [-0.05, 0) is 31.1 Å². The van der Waals surface area contributed by atoms with Crippen LogP contribution in [0.3, 0.4) is 0 Å². The molecule has 1 aromatic rings. The SMILES string of the molecule is O=C(CCCc1ccccn1)NNC(=O)N1CC=CC=CO1. The van der Waals surface area contributed by atoms with E-state index in [1.165, 1.54) is 6.26 Å². The summed E-state index contributed by atoms with van der Waals surface area (Å²) >= 11 is 0. The highest BCUT2D eigenvalue weighted by Gasteiger charge is 2.14. The summed E-state index contributed by atoms with van der Waals surface area (Å²) in [7, 11) is 0. The molecule has 0 aliphatic carbocycles. The third kappa shape index (κ3) is 5.28. The van der Waals surface area contributed by atoms with Gasteiger partial charge in [-0.1, -0.05) is 18.2 Å². The van der Waals surface area contributed by atoms with Gasteiger partial charge in [-0.2, -0.15) is 5.06 Å². The van der Waals surface area contributed by atoms with Gasteiger partial charge in [-0.25, -0.2) is 10.2 Å². The highest BCUT2D eigenvalue weighted by Crippen LogP contribution is 2.01. The third-order valence-electron chi connectivity index (χ3n) is 2.88. The van der Waals surface area contributed by atoms with Crippen molar-refractivity contribution in [1.82, 2.24) is 20.9 Å². The van der Waals surface area contributed by atoms with Gasteiger partial charge in [0.15, 0.2) is 0 Å². The van der Waals surface area contributed by atoms with E-state index in [0.29, 0.717) is 25.8 Å². The average Bonchev–Trinajstić information content (AvgIpc) is 2.83. The molecule has 0 saturated carbocycles. The molecule has 22 heavy (non-hydrogen) atoms. The molecule has 2 N–H and O–H groups in total. The van der Waals surface area contributed by atoms with Gasteiger partial charge in [0.05, 0.1) is 6.54 Å². The highest BCUT2D eigenvalue weighted by atomic mass is 16.7. The first-order valence-electron chi connectivity index (χ1n) is 7.00. The first-order valence-corrected chi connectivity index (χ1v) is 7.00. The number of rotatable bonds is 4. The topological polar surface area (TPSA) is 83.6 Å². The van der Waals surface area contributed by atoms with Crippen LogP contribution >= 0.6 is 0 Å². The van der Waals surface area contributed by atoms with Gasteiger partial charge >= 0.3 is 6.03 Å². The Hall–Kier alpha value is -2.83. The van der Waals surface area contributed by atoms with Crippen LogP contribution in [0.1, 0.15) is 18.5 Å². The molecule has 0 saturated heterocycles. The molecule has 0 atom stereocenters. The number of nitrogens with one attached hydrogen (secondary N) is 2. The second-order valence-corrected chi connectivity index (χ2v) is 4.58. The molecule has 0 fully saturated rings. The summed E-state index contributed by atoms with van der Waals surface area (Å²) in [6.07, 6.45) is 9.98. The second kappa shape index (κ2) is 8.46. The van der Waals surface area contributed by atoms with E-state index in [1.807, 2.05) is 18.2 Å². The minimum Gasteiger partial charge on any atom is -0.383 e. The Morgan fingerprint density at radius 1 is 1.27 bits per heavy atom. The summed E-state index contributed by atoms with van der Waals surface area (Å²) in [6.45, 7) is 0.300. The Labute approximate surface area is 128 Å². The van der Waals surface area contributed by atoms with E-state index >= 15 is 0 Å². The van der Waals surface area contributed by atoms with Crippen molar-refractivity contribution in [3.8, 4) is 0 Å². The average molecular weight is 302 g/mol. The largest absolute Gasteiger partial charge is 0.383 e. The number of nitrogens with zero attached hydrogens (tertiary/aromatic N) is 2. The van der Waals surface area contributed by atoms with Crippen molar-refractivity contribution >= 4 is 11.9 Å². The number of allylic oxidation sites excluding steroid dienone is 2. The molecule has 0 unspecified atom stereocenters. The smallest absolute Gasteiger partial charge is 0.369 e. The fourth-order valence-corrected chi connectivity index (χ4v) is 1.79. The monoisotopic (exact) mass is 302 g/mol. The van der Waals surface area contributed by atoms with Gasteiger partial charge in [-0.3, -0.25) is 15.2 Å². The van der Waals surface area contributed by atoms with Gasteiger partial charge in [0.1, 0.15) is 6.26 Å². The zero-order valence-corrected chi connectivity index (χ0v) is 12.1. The molecule has 0 aromatic carbocycles. The highest BCUT2D eigenvalue weighted by molar-refractivity contribution is 5.80. The van der Waals surface area contributed by atoms with Crippen LogP contribution in [0.25, 0.3) is 0 Å². The Kier molecular flexibility index (Phi) is 5.98. The van der Waals surface area contributed by atoms with Crippen LogP contribution in [0, 0.1) is 0 Å². The normalized spacial score (nSPS) is 13.2. The second-order valence-electron chi connectivity index (χ2n) is 4.58. The lowest BCUT2D eigenvalue weighted by molar-refractivity contribution is -0.122. The third-order valence-corrected chi connectivity index (χ3v) is 2.88. The summed E-state index contributed by atoms with van der Waals surface area (Å²) in [5.41, 5.74) is 5.61. The van der Waals surface area contributed by atoms with E-state index in [0.717, 1.165) is 10.8 Å². The maximum absolute atomic E-state index is 11.7. The molecule has 116 valence electrons. The molecule has 1 aliphatic rings. The number of pyridine rings is 1. The van der Waals surface area contributed by atoms with Crippen LogP contribution in [0.2, 0.25) is 0 Å². The number of aryl methyl sites for hydroxylation is 1. The van der Waals surface area contributed by atoms with Crippen LogP contribution in [-0.2, 0) is 16.1 Å². The van der Waals surface area contributed by atoms with Crippen LogP contribution in [0.4, 0.5) is 4.79 Å². The Morgan fingerprint density at radius 3 is 3.00 bits per heavy atom. The van der Waals surface area contributed by atoms with Gasteiger partial charge in [0.25, 0.3) is 0 Å². The maximum atomic E-state index is 11.7. The number of urea groups is 1. The van der Waals surface area contributed by atoms with E-state index in [-0.39, 0.29) is 5.91 Å². The van der Waals surface area contributed by atoms with Crippen molar-refractivity contribution in [2.75, 3.05) is 6.54 Å². The number of aromatic nitrogens is 1. The number of carbonyl (C=O) groups excluding carboxylic acids is 2. The van der Waals surface area contributed by atoms with Gasteiger partial charge < -0.3 is 4.84 Å². The quantitative estimate of drug-likeness (QED) is 0.825. The van der Waals surface area contributed by atoms with Crippen LogP contribution in [0.15, 0.2) is 48.9 Å². The van der Waals surface area contributed by atoms with E-state index in [1.54, 1.807) is 24.4 Å². The van der Waals surface area contributed by atoms with Crippen molar-refractivity contribution in [2.24, 2.45) is 0 Å². The summed E-state index contributed by atoms with van der Waals surface area (Å²) in [4.78, 5) is 32.6. The first kappa shape index (κ1) is 15.6. The molecule has 2 rings (SSSR count). The summed E-state index contributed by atoms with van der Waals surface area (Å²) in [5.74, 6) is -0.259. The lowest BCUT2D eigenvalue weighted by atomic mass is 10.2. The molecular weight excluding hydrogens is 284 g/mol. The lowest BCUT2D eigenvalue weighted by Crippen LogP contribution is -2.48. The van der Waals surface area contributed by atoms with Crippen molar-refractivity contribution in [2.45, 2.75) is 19.3 Å². The van der Waals surface area contributed by atoms with Crippen molar-refractivity contribution in [1.29, 1.82) is 0 Å². The summed E-state index contributed by atoms with van der Waals surface area (Å²) in [5, 5.41) is 1.09. The minimum atomic E-state index is -0.533. The first-order chi connectivity index (χ1) is 10.8. The van der Waals surface area contributed by atoms with E-state index < -0.39 is 6.03 Å². The standard InChI is InChI=1S/C15H18N4O3/c20-14(9-6-8-13-7-2-3-10-16-13)17-18-15(21)19-11-4-1-5-12-22-19/h1-5,7,10,12H,6,8-9,11H2,(H,17,20)(H,18,21). The number of hydrazine groups is 1. The van der Waals surface area contributed by atoms with Crippen LogP contribution in [0.5, 0.6) is 0 Å². The fraction of sp³-hybridized carbons (Fsp3) is 0.267. The Balaban J connectivity index is 1.63. The molecule has 0 bridgehead atoms.